The van der Waals surface area contributed by atoms with Crippen LogP contribution in [0.3, 0.4) is 0 Å². The van der Waals surface area contributed by atoms with Gasteiger partial charge in [-0.1, -0.05) is 18.2 Å². The molecule has 0 radical (unpaired) electrons. The van der Waals surface area contributed by atoms with Gasteiger partial charge in [0.25, 0.3) is 0 Å². The summed E-state index contributed by atoms with van der Waals surface area (Å²) < 4.78 is 42.3. The Labute approximate surface area is 120 Å². The molecule has 1 fully saturated rings. The fraction of sp³-hybridized carbons (Fsp3) is 0.500. The van der Waals surface area contributed by atoms with Crippen molar-refractivity contribution in [1.82, 2.24) is 4.90 Å². The number of carbonyl (C=O) groups is 1. The summed E-state index contributed by atoms with van der Waals surface area (Å²) in [5.74, 6) is -1.04. The van der Waals surface area contributed by atoms with Crippen LogP contribution in [0.2, 0.25) is 0 Å². The number of benzene rings is 1. The predicted molar refractivity (Wildman–Crippen MR) is 69.1 cm³/mol. The summed E-state index contributed by atoms with van der Waals surface area (Å²) >= 11 is 0. The van der Waals surface area contributed by atoms with Crippen LogP contribution in [0.1, 0.15) is 22.3 Å². The van der Waals surface area contributed by atoms with Gasteiger partial charge in [0.1, 0.15) is 0 Å². The van der Waals surface area contributed by atoms with E-state index in [9.17, 15) is 18.0 Å². The smallest absolute Gasteiger partial charge is 0.391 e. The zero-order valence-corrected chi connectivity index (χ0v) is 11.3. The van der Waals surface area contributed by atoms with E-state index in [1.807, 2.05) is 0 Å². The predicted octanol–water partition coefficient (Wildman–Crippen LogP) is 2.54. The van der Waals surface area contributed by atoms with E-state index >= 15 is 0 Å². The fourth-order valence-corrected chi connectivity index (χ4v) is 2.41. The Kier molecular flexibility index (Phi) is 4.84. The van der Waals surface area contributed by atoms with Crippen LogP contribution in [-0.4, -0.2) is 48.0 Å². The van der Waals surface area contributed by atoms with Crippen LogP contribution in [-0.2, 0) is 11.3 Å². The topological polar surface area (TPSA) is 49.8 Å². The van der Waals surface area contributed by atoms with E-state index in [0.717, 1.165) is 0 Å². The number of morpholine rings is 1. The van der Waals surface area contributed by atoms with Gasteiger partial charge in [-0.3, -0.25) is 4.90 Å². The first-order chi connectivity index (χ1) is 9.85. The molecule has 116 valence electrons. The Morgan fingerprint density at radius 3 is 2.76 bits per heavy atom. The molecule has 0 amide bonds. The van der Waals surface area contributed by atoms with Crippen LogP contribution in [0.4, 0.5) is 13.2 Å². The zero-order chi connectivity index (χ0) is 15.5. The van der Waals surface area contributed by atoms with Crippen molar-refractivity contribution in [2.24, 2.45) is 0 Å². The minimum Gasteiger partial charge on any atom is -0.478 e. The number of carboxylic acids is 1. The van der Waals surface area contributed by atoms with Gasteiger partial charge in [0, 0.05) is 19.6 Å². The number of hydrogen-bond acceptors (Lipinski definition) is 3. The molecule has 1 N–H and O–H groups in total. The minimum absolute atomic E-state index is 0.146. The summed E-state index contributed by atoms with van der Waals surface area (Å²) in [6.45, 7) is 1.16. The summed E-state index contributed by atoms with van der Waals surface area (Å²) in [4.78, 5) is 12.9. The normalized spacial score (nSPS) is 20.4. The van der Waals surface area contributed by atoms with Gasteiger partial charge in [-0.25, -0.2) is 4.79 Å². The van der Waals surface area contributed by atoms with E-state index in [4.69, 9.17) is 9.84 Å². The number of rotatable bonds is 4. The van der Waals surface area contributed by atoms with Gasteiger partial charge >= 0.3 is 12.1 Å². The minimum atomic E-state index is -4.26. The maximum absolute atomic E-state index is 12.4. The second-order valence-electron chi connectivity index (χ2n) is 5.01. The molecule has 1 aliphatic heterocycles. The lowest BCUT2D eigenvalue weighted by atomic mass is 10.1. The number of hydrogen-bond donors (Lipinski definition) is 1. The lowest BCUT2D eigenvalue weighted by molar-refractivity contribution is -0.170. The van der Waals surface area contributed by atoms with Gasteiger partial charge in [0.2, 0.25) is 0 Å². The van der Waals surface area contributed by atoms with Crippen molar-refractivity contribution in [3.63, 3.8) is 0 Å². The number of aromatic carboxylic acids is 1. The Morgan fingerprint density at radius 1 is 1.38 bits per heavy atom. The molecule has 2 rings (SSSR count). The van der Waals surface area contributed by atoms with E-state index in [2.05, 4.69) is 0 Å². The highest BCUT2D eigenvalue weighted by Gasteiger charge is 2.34. The zero-order valence-electron chi connectivity index (χ0n) is 11.3. The van der Waals surface area contributed by atoms with Gasteiger partial charge in [-0.15, -0.1) is 0 Å². The van der Waals surface area contributed by atoms with Crippen LogP contribution in [0, 0.1) is 0 Å². The average Bonchev–Trinajstić information content (AvgIpc) is 2.37. The van der Waals surface area contributed by atoms with Gasteiger partial charge < -0.3 is 9.84 Å². The molecular formula is C14H16F3NO3. The van der Waals surface area contributed by atoms with E-state index in [0.29, 0.717) is 18.7 Å². The molecule has 0 saturated carbocycles. The molecule has 4 nitrogen and oxygen atoms in total. The Hall–Kier alpha value is -1.60. The standard InChI is InChI=1S/C14H16F3NO3/c15-14(16,17)7-11-9-18(5-6-21-11)8-10-3-1-2-4-12(10)13(19)20/h1-4,11H,5-9H2,(H,19,20). The van der Waals surface area contributed by atoms with Gasteiger partial charge in [-0.05, 0) is 11.6 Å². The van der Waals surface area contributed by atoms with Crippen molar-refractivity contribution in [2.45, 2.75) is 25.2 Å². The van der Waals surface area contributed by atoms with E-state index in [1.54, 1.807) is 23.1 Å². The molecular weight excluding hydrogens is 287 g/mol. The van der Waals surface area contributed by atoms with Gasteiger partial charge in [0.05, 0.1) is 24.7 Å². The van der Waals surface area contributed by atoms with Crippen molar-refractivity contribution in [2.75, 3.05) is 19.7 Å². The molecule has 7 heteroatoms. The van der Waals surface area contributed by atoms with E-state index in [1.165, 1.54) is 6.07 Å². The van der Waals surface area contributed by atoms with Crippen LogP contribution < -0.4 is 0 Å². The van der Waals surface area contributed by atoms with Crippen molar-refractivity contribution in [1.29, 1.82) is 0 Å². The van der Waals surface area contributed by atoms with Crippen LogP contribution in [0.25, 0.3) is 0 Å². The monoisotopic (exact) mass is 303 g/mol. The SMILES string of the molecule is O=C(O)c1ccccc1CN1CCOC(CC(F)(F)F)C1. The average molecular weight is 303 g/mol. The van der Waals surface area contributed by atoms with Crippen LogP contribution >= 0.6 is 0 Å². The van der Waals surface area contributed by atoms with Crippen molar-refractivity contribution < 1.29 is 27.8 Å². The maximum Gasteiger partial charge on any atom is 0.391 e. The summed E-state index contributed by atoms with van der Waals surface area (Å²) in [6, 6.07) is 6.51. The number of carboxylic acid groups (broad SMARTS) is 1. The van der Waals surface area contributed by atoms with Crippen LogP contribution in [0.15, 0.2) is 24.3 Å². The molecule has 0 aromatic heterocycles. The highest BCUT2D eigenvalue weighted by Crippen LogP contribution is 2.25. The second kappa shape index (κ2) is 6.44. The summed E-state index contributed by atoms with van der Waals surface area (Å²) in [5, 5.41) is 9.11. The third-order valence-corrected chi connectivity index (χ3v) is 3.32. The molecule has 0 bridgehead atoms. The Bertz CT molecular complexity index is 504. The van der Waals surface area contributed by atoms with Crippen molar-refractivity contribution >= 4 is 5.97 Å². The van der Waals surface area contributed by atoms with E-state index < -0.39 is 24.7 Å². The fourth-order valence-electron chi connectivity index (χ4n) is 2.41. The number of halogens is 3. The van der Waals surface area contributed by atoms with Gasteiger partial charge in [-0.2, -0.15) is 13.2 Å². The summed E-state index contributed by atoms with van der Waals surface area (Å²) in [7, 11) is 0. The quantitative estimate of drug-likeness (QED) is 0.928. The summed E-state index contributed by atoms with van der Waals surface area (Å²) in [5.41, 5.74) is 0.772. The van der Waals surface area contributed by atoms with Crippen molar-refractivity contribution in [3.05, 3.63) is 35.4 Å². The molecule has 1 heterocycles. The first-order valence-electron chi connectivity index (χ1n) is 6.57. The molecule has 1 saturated heterocycles. The molecule has 0 aliphatic carbocycles. The molecule has 1 aliphatic rings. The number of alkyl halides is 3. The third-order valence-electron chi connectivity index (χ3n) is 3.32. The van der Waals surface area contributed by atoms with Gasteiger partial charge in [0.15, 0.2) is 0 Å². The molecule has 21 heavy (non-hydrogen) atoms. The van der Waals surface area contributed by atoms with Crippen LogP contribution in [0.5, 0.6) is 0 Å². The molecule has 1 aromatic rings. The Morgan fingerprint density at radius 2 is 2.10 bits per heavy atom. The number of ether oxygens (including phenoxy) is 1. The molecule has 1 aromatic carbocycles. The Balaban J connectivity index is 2.01. The maximum atomic E-state index is 12.4. The van der Waals surface area contributed by atoms with Crippen molar-refractivity contribution in [3.8, 4) is 0 Å². The highest BCUT2D eigenvalue weighted by molar-refractivity contribution is 5.89. The largest absolute Gasteiger partial charge is 0.478 e. The lowest BCUT2D eigenvalue weighted by Gasteiger charge is -2.33. The second-order valence-corrected chi connectivity index (χ2v) is 5.01. The molecule has 1 atom stereocenters. The first kappa shape index (κ1) is 15.8. The molecule has 0 spiro atoms. The third kappa shape index (κ3) is 4.71. The van der Waals surface area contributed by atoms with E-state index in [-0.39, 0.29) is 18.7 Å². The first-order valence-corrected chi connectivity index (χ1v) is 6.57. The summed E-state index contributed by atoms with van der Waals surface area (Å²) in [6.07, 6.45) is -6.13. The highest BCUT2D eigenvalue weighted by atomic mass is 19.4. The number of nitrogens with zero attached hydrogens (tertiary/aromatic N) is 1. The molecule has 1 unspecified atom stereocenters. The lowest BCUT2D eigenvalue weighted by Crippen LogP contribution is -2.43.